The van der Waals surface area contributed by atoms with Crippen LogP contribution < -0.4 is 0 Å². The maximum absolute atomic E-state index is 12.4. The van der Waals surface area contributed by atoms with Crippen LogP contribution in [0.1, 0.15) is 51.9 Å². The van der Waals surface area contributed by atoms with E-state index in [-0.39, 0.29) is 36.6 Å². The quantitative estimate of drug-likeness (QED) is 0.576. The number of carbonyl (C=O) groups excluding carboxylic acids is 2. The van der Waals surface area contributed by atoms with Crippen LogP contribution in [0.4, 0.5) is 0 Å². The summed E-state index contributed by atoms with van der Waals surface area (Å²) in [4.78, 5) is 24.3. The first-order valence-corrected chi connectivity index (χ1v) is 10.1. The second-order valence-electron chi connectivity index (χ2n) is 9.45. The maximum Gasteiger partial charge on any atom is 0.190 e. The lowest BCUT2D eigenvalue weighted by atomic mass is 9.45. The molecule has 0 aromatic rings. The first-order valence-electron chi connectivity index (χ1n) is 10.1. The van der Waals surface area contributed by atoms with Crippen molar-refractivity contribution in [3.8, 4) is 0 Å². The third-order valence-corrected chi connectivity index (χ3v) is 8.67. The summed E-state index contributed by atoms with van der Waals surface area (Å²) in [6.45, 7) is 1.09. The van der Waals surface area contributed by atoms with Crippen molar-refractivity contribution in [1.82, 2.24) is 0 Å². The number of fused-ring (bicyclic) bond motifs is 5. The fourth-order valence-electron chi connectivity index (χ4n) is 7.35. The molecule has 0 aromatic heterocycles. The van der Waals surface area contributed by atoms with Crippen molar-refractivity contribution in [2.75, 3.05) is 13.2 Å². The minimum absolute atomic E-state index is 0.0500. The highest BCUT2D eigenvalue weighted by molar-refractivity contribution is 5.92. The summed E-state index contributed by atoms with van der Waals surface area (Å²) >= 11 is 0. The Labute approximate surface area is 159 Å². The number of rotatable bonds is 3. The molecule has 0 spiro atoms. The van der Waals surface area contributed by atoms with Gasteiger partial charge in [0.1, 0.15) is 12.2 Å². The number of carbonyl (C=O) groups is 2. The molecule has 0 aliphatic heterocycles. The zero-order chi connectivity index (χ0) is 19.6. The van der Waals surface area contributed by atoms with E-state index in [1.807, 2.05) is 6.92 Å². The molecule has 4 aliphatic rings. The van der Waals surface area contributed by atoms with Crippen LogP contribution in [-0.2, 0) is 9.59 Å². The Morgan fingerprint density at radius 2 is 1.96 bits per heavy atom. The van der Waals surface area contributed by atoms with E-state index in [0.717, 1.165) is 12.0 Å². The Morgan fingerprint density at radius 3 is 2.63 bits per heavy atom. The summed E-state index contributed by atoms with van der Waals surface area (Å²) in [5, 5.41) is 42.1. The molecule has 4 rings (SSSR count). The molecule has 0 radical (unpaired) electrons. The second kappa shape index (κ2) is 6.21. The molecule has 0 amide bonds. The van der Waals surface area contributed by atoms with Gasteiger partial charge < -0.3 is 20.4 Å². The molecular formula is C21H30O6. The van der Waals surface area contributed by atoms with E-state index >= 15 is 0 Å². The molecule has 150 valence electrons. The van der Waals surface area contributed by atoms with Gasteiger partial charge in [-0.3, -0.25) is 9.59 Å². The van der Waals surface area contributed by atoms with Gasteiger partial charge in [-0.15, -0.1) is 0 Å². The lowest BCUT2D eigenvalue weighted by Gasteiger charge is -2.60. The minimum atomic E-state index is -1.61. The lowest BCUT2D eigenvalue weighted by molar-refractivity contribution is -0.186. The Hall–Kier alpha value is -1.08. The number of hydrogen-bond donors (Lipinski definition) is 4. The molecule has 7 unspecified atom stereocenters. The van der Waals surface area contributed by atoms with Crippen LogP contribution in [0, 0.1) is 28.6 Å². The molecule has 27 heavy (non-hydrogen) atoms. The predicted molar refractivity (Wildman–Crippen MR) is 96.6 cm³/mol. The molecule has 6 nitrogen and oxygen atoms in total. The van der Waals surface area contributed by atoms with Crippen LogP contribution in [0.2, 0.25) is 0 Å². The highest BCUT2D eigenvalue weighted by Gasteiger charge is 2.68. The smallest absolute Gasteiger partial charge is 0.190 e. The summed E-state index contributed by atoms with van der Waals surface area (Å²) in [5.41, 5.74) is -2.00. The van der Waals surface area contributed by atoms with Gasteiger partial charge >= 0.3 is 0 Å². The molecule has 7 atom stereocenters. The van der Waals surface area contributed by atoms with Gasteiger partial charge in [-0.25, -0.2) is 0 Å². The SMILES string of the molecule is CC12CC(O)C3C(CCC4=CC(=O)CCC43CO)C1CCC2(O)C(=O)CO. The topological polar surface area (TPSA) is 115 Å². The zero-order valence-electron chi connectivity index (χ0n) is 15.9. The van der Waals surface area contributed by atoms with E-state index in [9.17, 15) is 30.0 Å². The fourth-order valence-corrected chi connectivity index (χ4v) is 7.35. The van der Waals surface area contributed by atoms with Gasteiger partial charge in [0, 0.05) is 17.3 Å². The van der Waals surface area contributed by atoms with Crippen LogP contribution in [0.15, 0.2) is 11.6 Å². The van der Waals surface area contributed by atoms with Crippen molar-refractivity contribution < 1.29 is 30.0 Å². The maximum atomic E-state index is 12.4. The molecule has 3 fully saturated rings. The van der Waals surface area contributed by atoms with Gasteiger partial charge in [0.2, 0.25) is 0 Å². The Morgan fingerprint density at radius 1 is 1.22 bits per heavy atom. The molecule has 0 saturated heterocycles. The van der Waals surface area contributed by atoms with Gasteiger partial charge in [-0.1, -0.05) is 12.5 Å². The highest BCUT2D eigenvalue weighted by atomic mass is 16.3. The number of hydrogen-bond acceptors (Lipinski definition) is 6. The van der Waals surface area contributed by atoms with Gasteiger partial charge in [0.25, 0.3) is 0 Å². The third kappa shape index (κ3) is 2.33. The van der Waals surface area contributed by atoms with E-state index in [0.29, 0.717) is 32.1 Å². The second-order valence-corrected chi connectivity index (χ2v) is 9.45. The van der Waals surface area contributed by atoms with Crippen molar-refractivity contribution >= 4 is 11.6 Å². The summed E-state index contributed by atoms with van der Waals surface area (Å²) in [5.74, 6) is -0.507. The molecule has 0 bridgehead atoms. The molecule has 0 aromatic carbocycles. The number of aliphatic hydroxyl groups excluding tert-OH is 3. The van der Waals surface area contributed by atoms with Crippen molar-refractivity contribution in [1.29, 1.82) is 0 Å². The Kier molecular flexibility index (Phi) is 4.43. The molecule has 6 heteroatoms. The summed E-state index contributed by atoms with van der Waals surface area (Å²) in [7, 11) is 0. The van der Waals surface area contributed by atoms with Crippen LogP contribution in [0.3, 0.4) is 0 Å². The van der Waals surface area contributed by atoms with Crippen molar-refractivity contribution in [2.45, 2.75) is 63.6 Å². The van der Waals surface area contributed by atoms with Crippen LogP contribution in [-0.4, -0.2) is 56.9 Å². The summed E-state index contributed by atoms with van der Waals surface area (Å²) in [6, 6.07) is 0. The van der Waals surface area contributed by atoms with E-state index in [1.165, 1.54) is 0 Å². The summed E-state index contributed by atoms with van der Waals surface area (Å²) in [6.07, 6.45) is 4.58. The predicted octanol–water partition coefficient (Wildman–Crippen LogP) is 0.754. The number of ketones is 2. The molecule has 4 aliphatic carbocycles. The van der Waals surface area contributed by atoms with E-state index in [1.54, 1.807) is 6.08 Å². The minimum Gasteiger partial charge on any atom is -0.395 e. The summed E-state index contributed by atoms with van der Waals surface area (Å²) < 4.78 is 0. The fraction of sp³-hybridized carbons (Fsp3) is 0.810. The monoisotopic (exact) mass is 378 g/mol. The standard InChI is InChI=1S/C21H30O6/c1-19-9-16(25)18-14(15(19)5-7-21(19,27)17(26)10-22)3-2-12-8-13(24)4-6-20(12,18)11-23/h8,14-16,18,22-23,25,27H,2-7,9-11H2,1H3. The van der Waals surface area contributed by atoms with E-state index in [4.69, 9.17) is 0 Å². The molecule has 3 saturated carbocycles. The highest BCUT2D eigenvalue weighted by Crippen LogP contribution is 2.67. The average Bonchev–Trinajstić information content (AvgIpc) is 2.92. The van der Waals surface area contributed by atoms with Gasteiger partial charge in [0.15, 0.2) is 11.6 Å². The van der Waals surface area contributed by atoms with Gasteiger partial charge in [0.05, 0.1) is 12.7 Å². The van der Waals surface area contributed by atoms with Crippen LogP contribution in [0.5, 0.6) is 0 Å². The Balaban J connectivity index is 1.76. The van der Waals surface area contributed by atoms with Crippen molar-refractivity contribution in [3.05, 3.63) is 11.6 Å². The van der Waals surface area contributed by atoms with Crippen molar-refractivity contribution in [3.63, 3.8) is 0 Å². The third-order valence-electron chi connectivity index (χ3n) is 8.67. The lowest BCUT2D eigenvalue weighted by Crippen LogP contribution is -2.63. The average molecular weight is 378 g/mol. The van der Waals surface area contributed by atoms with Crippen LogP contribution in [0.25, 0.3) is 0 Å². The number of aliphatic hydroxyl groups is 4. The van der Waals surface area contributed by atoms with Crippen molar-refractivity contribution in [2.24, 2.45) is 28.6 Å². The largest absolute Gasteiger partial charge is 0.395 e. The molecule has 4 N–H and O–H groups in total. The zero-order valence-corrected chi connectivity index (χ0v) is 15.9. The first kappa shape index (κ1) is 19.2. The Bertz CT molecular complexity index is 701. The van der Waals surface area contributed by atoms with E-state index < -0.39 is 34.9 Å². The molecule has 0 heterocycles. The first-order chi connectivity index (χ1) is 12.7. The molecular weight excluding hydrogens is 348 g/mol. The van der Waals surface area contributed by atoms with E-state index in [2.05, 4.69) is 0 Å². The van der Waals surface area contributed by atoms with Gasteiger partial charge in [-0.2, -0.15) is 0 Å². The number of Topliss-reactive ketones (excluding diaryl/α,β-unsaturated/α-hetero) is 1. The van der Waals surface area contributed by atoms with Gasteiger partial charge in [-0.05, 0) is 62.4 Å². The van der Waals surface area contributed by atoms with Crippen LogP contribution >= 0.6 is 0 Å². The normalized spacial score (nSPS) is 49.1.